The molecule has 5 nitrogen and oxygen atoms in total. The Labute approximate surface area is 161 Å². The number of carbonyl (C=O) groups excluding carboxylic acids is 1. The van der Waals surface area contributed by atoms with Crippen LogP contribution in [0.25, 0.3) is 0 Å². The van der Waals surface area contributed by atoms with Gasteiger partial charge in [-0.15, -0.1) is 0 Å². The Hall–Kier alpha value is -2.18. The number of benzene rings is 2. The number of rotatable bonds is 6. The number of piperidine rings is 1. The van der Waals surface area contributed by atoms with E-state index in [4.69, 9.17) is 0 Å². The first-order chi connectivity index (χ1) is 13.0. The molecule has 1 saturated heterocycles. The number of hydrogen-bond donors (Lipinski definition) is 1. The third-order valence-electron chi connectivity index (χ3n) is 5.06. The first-order valence-electron chi connectivity index (χ1n) is 9.43. The van der Waals surface area contributed by atoms with Crippen molar-refractivity contribution in [1.29, 1.82) is 0 Å². The Kier molecular flexibility index (Phi) is 6.29. The lowest BCUT2D eigenvalue weighted by Crippen LogP contribution is -2.46. The molecule has 144 valence electrons. The van der Waals surface area contributed by atoms with Gasteiger partial charge in [0, 0.05) is 13.1 Å². The van der Waals surface area contributed by atoms with Crippen LogP contribution in [-0.2, 0) is 14.8 Å². The molecule has 6 heteroatoms. The van der Waals surface area contributed by atoms with E-state index >= 15 is 0 Å². The SMILES string of the molecule is CC[C@@H](NC(=O)[C@@H]1CCCN(S(=O)(=O)c2ccccc2)C1)c1ccccc1. The van der Waals surface area contributed by atoms with Gasteiger partial charge in [0.05, 0.1) is 16.9 Å². The number of nitrogens with zero attached hydrogens (tertiary/aromatic N) is 1. The maximum absolute atomic E-state index is 12.8. The van der Waals surface area contributed by atoms with Crippen molar-refractivity contribution in [1.82, 2.24) is 9.62 Å². The maximum Gasteiger partial charge on any atom is 0.243 e. The van der Waals surface area contributed by atoms with E-state index in [0.717, 1.165) is 12.0 Å². The van der Waals surface area contributed by atoms with E-state index in [9.17, 15) is 13.2 Å². The van der Waals surface area contributed by atoms with Crippen molar-refractivity contribution in [2.45, 2.75) is 37.1 Å². The molecule has 1 aliphatic rings. The van der Waals surface area contributed by atoms with Gasteiger partial charge >= 0.3 is 0 Å². The van der Waals surface area contributed by atoms with Gasteiger partial charge in [-0.25, -0.2) is 8.42 Å². The second-order valence-electron chi connectivity index (χ2n) is 6.90. The molecule has 0 spiro atoms. The average molecular weight is 387 g/mol. The predicted octanol–water partition coefficient (Wildman–Crippen LogP) is 3.35. The summed E-state index contributed by atoms with van der Waals surface area (Å²) in [6, 6.07) is 18.2. The fraction of sp³-hybridized carbons (Fsp3) is 0.381. The minimum Gasteiger partial charge on any atom is -0.349 e. The lowest BCUT2D eigenvalue weighted by molar-refractivity contribution is -0.126. The summed E-state index contributed by atoms with van der Waals surface area (Å²) in [5.41, 5.74) is 1.07. The van der Waals surface area contributed by atoms with Gasteiger partial charge in [0.1, 0.15) is 0 Å². The zero-order chi connectivity index (χ0) is 19.3. The van der Waals surface area contributed by atoms with E-state index in [1.54, 1.807) is 30.3 Å². The van der Waals surface area contributed by atoms with Crippen LogP contribution in [0, 0.1) is 5.92 Å². The zero-order valence-corrected chi connectivity index (χ0v) is 16.4. The number of carbonyl (C=O) groups is 1. The number of sulfonamides is 1. The van der Waals surface area contributed by atoms with Gasteiger partial charge < -0.3 is 5.32 Å². The summed E-state index contributed by atoms with van der Waals surface area (Å²) in [4.78, 5) is 13.1. The van der Waals surface area contributed by atoms with Crippen molar-refractivity contribution in [3.63, 3.8) is 0 Å². The van der Waals surface area contributed by atoms with Crippen LogP contribution >= 0.6 is 0 Å². The molecular formula is C21H26N2O3S. The summed E-state index contributed by atoms with van der Waals surface area (Å²) in [6.45, 7) is 2.72. The van der Waals surface area contributed by atoms with Gasteiger partial charge in [-0.05, 0) is 37.0 Å². The number of amides is 1. The molecule has 2 aromatic rings. The molecule has 0 aliphatic carbocycles. The van der Waals surface area contributed by atoms with E-state index in [1.807, 2.05) is 37.3 Å². The lowest BCUT2D eigenvalue weighted by atomic mass is 9.97. The highest BCUT2D eigenvalue weighted by Crippen LogP contribution is 2.25. The Morgan fingerprint density at radius 3 is 2.37 bits per heavy atom. The van der Waals surface area contributed by atoms with Gasteiger partial charge in [0.2, 0.25) is 15.9 Å². The first kappa shape index (κ1) is 19.6. The molecule has 3 rings (SSSR count). The Balaban J connectivity index is 1.69. The normalized spacial score (nSPS) is 19.4. The van der Waals surface area contributed by atoms with Crippen LogP contribution < -0.4 is 5.32 Å². The maximum atomic E-state index is 12.8. The minimum absolute atomic E-state index is 0.0557. The monoisotopic (exact) mass is 386 g/mol. The second-order valence-corrected chi connectivity index (χ2v) is 8.83. The van der Waals surface area contributed by atoms with Crippen molar-refractivity contribution in [3.05, 3.63) is 66.2 Å². The van der Waals surface area contributed by atoms with Crippen molar-refractivity contribution < 1.29 is 13.2 Å². The van der Waals surface area contributed by atoms with Crippen LogP contribution in [0.2, 0.25) is 0 Å². The van der Waals surface area contributed by atoms with Gasteiger partial charge in [0.25, 0.3) is 0 Å². The van der Waals surface area contributed by atoms with Gasteiger partial charge in [-0.3, -0.25) is 4.79 Å². The van der Waals surface area contributed by atoms with E-state index in [2.05, 4.69) is 5.32 Å². The van der Waals surface area contributed by atoms with Crippen molar-refractivity contribution in [2.75, 3.05) is 13.1 Å². The molecule has 2 atom stereocenters. The highest BCUT2D eigenvalue weighted by molar-refractivity contribution is 7.89. The molecule has 1 fully saturated rings. The smallest absolute Gasteiger partial charge is 0.243 e. The molecule has 0 aromatic heterocycles. The van der Waals surface area contributed by atoms with E-state index < -0.39 is 10.0 Å². The molecule has 0 bridgehead atoms. The minimum atomic E-state index is -3.56. The zero-order valence-electron chi connectivity index (χ0n) is 15.5. The van der Waals surface area contributed by atoms with Crippen LogP contribution in [0.3, 0.4) is 0 Å². The molecule has 27 heavy (non-hydrogen) atoms. The van der Waals surface area contributed by atoms with E-state index in [-0.39, 0.29) is 29.3 Å². The average Bonchev–Trinajstić information content (AvgIpc) is 2.73. The summed E-state index contributed by atoms with van der Waals surface area (Å²) in [5, 5.41) is 3.10. The van der Waals surface area contributed by atoms with Crippen LogP contribution in [0.4, 0.5) is 0 Å². The molecule has 0 unspecified atom stereocenters. The van der Waals surface area contributed by atoms with Crippen molar-refractivity contribution in [3.8, 4) is 0 Å². The summed E-state index contributed by atoms with van der Waals surface area (Å²) in [6.07, 6.45) is 2.18. The predicted molar refractivity (Wildman–Crippen MR) is 106 cm³/mol. The largest absolute Gasteiger partial charge is 0.349 e. The third kappa shape index (κ3) is 4.57. The molecular weight excluding hydrogens is 360 g/mol. The molecule has 1 amide bonds. The fourth-order valence-corrected chi connectivity index (χ4v) is 5.06. The highest BCUT2D eigenvalue weighted by atomic mass is 32.2. The molecule has 1 N–H and O–H groups in total. The third-order valence-corrected chi connectivity index (χ3v) is 6.94. The molecule has 0 saturated carbocycles. The van der Waals surface area contributed by atoms with Crippen LogP contribution in [-0.4, -0.2) is 31.7 Å². The highest BCUT2D eigenvalue weighted by Gasteiger charge is 2.33. The number of nitrogens with one attached hydrogen (secondary N) is 1. The molecule has 0 radical (unpaired) electrons. The molecule has 2 aromatic carbocycles. The van der Waals surface area contributed by atoms with Gasteiger partial charge in [-0.1, -0.05) is 55.5 Å². The molecule has 1 aliphatic heterocycles. The van der Waals surface area contributed by atoms with Gasteiger partial charge in [-0.2, -0.15) is 4.31 Å². The van der Waals surface area contributed by atoms with E-state index in [0.29, 0.717) is 19.4 Å². The Bertz CT molecular complexity index is 854. The van der Waals surface area contributed by atoms with Crippen LogP contribution in [0.5, 0.6) is 0 Å². The molecule has 1 heterocycles. The first-order valence-corrected chi connectivity index (χ1v) is 10.9. The lowest BCUT2D eigenvalue weighted by Gasteiger charge is -2.32. The fourth-order valence-electron chi connectivity index (χ4n) is 3.51. The van der Waals surface area contributed by atoms with Crippen molar-refractivity contribution in [2.24, 2.45) is 5.92 Å². The summed E-state index contributed by atoms with van der Waals surface area (Å²) >= 11 is 0. The topological polar surface area (TPSA) is 66.5 Å². The summed E-state index contributed by atoms with van der Waals surface area (Å²) in [7, 11) is -3.56. The summed E-state index contributed by atoms with van der Waals surface area (Å²) < 4.78 is 27.1. The van der Waals surface area contributed by atoms with Crippen molar-refractivity contribution >= 4 is 15.9 Å². The standard InChI is InChI=1S/C21H26N2O3S/c1-2-20(17-10-5-3-6-11-17)22-21(24)18-12-9-15-23(16-18)27(25,26)19-13-7-4-8-14-19/h3-8,10-11,13-14,18,20H,2,9,12,15-16H2,1H3,(H,22,24)/t18-,20-/m1/s1. The van der Waals surface area contributed by atoms with Gasteiger partial charge in [0.15, 0.2) is 0 Å². The van der Waals surface area contributed by atoms with Crippen LogP contribution in [0.1, 0.15) is 37.8 Å². The van der Waals surface area contributed by atoms with Crippen LogP contribution in [0.15, 0.2) is 65.6 Å². The van der Waals surface area contributed by atoms with E-state index in [1.165, 1.54) is 4.31 Å². The Morgan fingerprint density at radius 1 is 1.11 bits per heavy atom. The Morgan fingerprint density at radius 2 is 1.74 bits per heavy atom. The summed E-state index contributed by atoms with van der Waals surface area (Å²) in [5.74, 6) is -0.395. The second kappa shape index (κ2) is 8.67. The quantitative estimate of drug-likeness (QED) is 0.828. The number of hydrogen-bond acceptors (Lipinski definition) is 3.